The van der Waals surface area contributed by atoms with Crippen LogP contribution in [-0.2, 0) is 4.74 Å². The molecule has 1 heterocycles. The number of amides is 1. The van der Waals surface area contributed by atoms with Crippen molar-refractivity contribution in [1.82, 2.24) is 4.98 Å². The number of rotatable bonds is 3. The molecular formula is C14H14N2O2. The van der Waals surface area contributed by atoms with Crippen molar-refractivity contribution in [2.75, 3.05) is 11.9 Å². The molecule has 18 heavy (non-hydrogen) atoms. The van der Waals surface area contributed by atoms with Crippen LogP contribution in [0.4, 0.5) is 10.6 Å². The third-order valence-corrected chi connectivity index (χ3v) is 2.32. The number of hydrogen-bond donors (Lipinski definition) is 1. The van der Waals surface area contributed by atoms with Crippen LogP contribution in [0.1, 0.15) is 6.92 Å². The molecule has 0 unspecified atom stereocenters. The second kappa shape index (κ2) is 5.82. The van der Waals surface area contributed by atoms with Gasteiger partial charge in [-0.25, -0.2) is 9.78 Å². The van der Waals surface area contributed by atoms with Crippen molar-refractivity contribution in [3.63, 3.8) is 0 Å². The summed E-state index contributed by atoms with van der Waals surface area (Å²) in [6.45, 7) is 2.09. The third kappa shape index (κ3) is 3.07. The Labute approximate surface area is 106 Å². The Hall–Kier alpha value is -2.36. The number of benzene rings is 1. The number of anilines is 1. The maximum absolute atomic E-state index is 11.3. The van der Waals surface area contributed by atoms with E-state index in [1.54, 1.807) is 13.0 Å². The molecule has 4 heteroatoms. The first-order valence-corrected chi connectivity index (χ1v) is 5.76. The summed E-state index contributed by atoms with van der Waals surface area (Å²) in [6, 6.07) is 15.2. The number of nitrogens with one attached hydrogen (secondary N) is 1. The highest BCUT2D eigenvalue weighted by atomic mass is 16.5. The average Bonchev–Trinajstić information content (AvgIpc) is 2.40. The average molecular weight is 242 g/mol. The molecule has 0 saturated heterocycles. The molecule has 0 aliphatic rings. The quantitative estimate of drug-likeness (QED) is 0.898. The van der Waals surface area contributed by atoms with Gasteiger partial charge in [0.25, 0.3) is 0 Å². The highest BCUT2D eigenvalue weighted by Crippen LogP contribution is 2.18. The number of carbonyl (C=O) groups excluding carboxylic acids is 1. The molecule has 4 nitrogen and oxygen atoms in total. The fraction of sp³-hybridized carbons (Fsp3) is 0.143. The van der Waals surface area contributed by atoms with E-state index >= 15 is 0 Å². The van der Waals surface area contributed by atoms with Crippen LogP contribution in [0.5, 0.6) is 0 Å². The Kier molecular flexibility index (Phi) is 3.91. The van der Waals surface area contributed by atoms with Crippen LogP contribution in [0.2, 0.25) is 0 Å². The molecule has 0 spiro atoms. The minimum atomic E-state index is -0.491. The third-order valence-electron chi connectivity index (χ3n) is 2.32. The first kappa shape index (κ1) is 12.1. The molecule has 1 amide bonds. The molecule has 1 aromatic carbocycles. The molecule has 2 rings (SSSR count). The van der Waals surface area contributed by atoms with Gasteiger partial charge in [0.2, 0.25) is 0 Å². The van der Waals surface area contributed by atoms with E-state index in [4.69, 9.17) is 4.74 Å². The second-order valence-corrected chi connectivity index (χ2v) is 3.62. The van der Waals surface area contributed by atoms with Gasteiger partial charge in [0.15, 0.2) is 0 Å². The van der Waals surface area contributed by atoms with E-state index in [1.165, 1.54) is 0 Å². The van der Waals surface area contributed by atoms with Gasteiger partial charge >= 0.3 is 6.09 Å². The minimum Gasteiger partial charge on any atom is -0.450 e. The van der Waals surface area contributed by atoms with Gasteiger partial charge in [0, 0.05) is 5.56 Å². The van der Waals surface area contributed by atoms with E-state index in [9.17, 15) is 4.79 Å². The molecule has 0 aliphatic heterocycles. The summed E-state index contributed by atoms with van der Waals surface area (Å²) < 4.78 is 4.80. The van der Waals surface area contributed by atoms with Crippen LogP contribution in [-0.4, -0.2) is 17.7 Å². The summed E-state index contributed by atoms with van der Waals surface area (Å²) >= 11 is 0. The molecule has 2 aromatic rings. The van der Waals surface area contributed by atoms with Crippen molar-refractivity contribution >= 4 is 11.9 Å². The summed E-state index contributed by atoms with van der Waals surface area (Å²) in [5, 5.41) is 2.58. The van der Waals surface area contributed by atoms with Gasteiger partial charge < -0.3 is 4.74 Å². The zero-order chi connectivity index (χ0) is 12.8. The molecule has 0 radical (unpaired) electrons. The zero-order valence-corrected chi connectivity index (χ0v) is 10.1. The molecular weight excluding hydrogens is 228 g/mol. The Morgan fingerprint density at radius 3 is 2.67 bits per heavy atom. The van der Waals surface area contributed by atoms with Crippen LogP contribution < -0.4 is 5.32 Å². The lowest BCUT2D eigenvalue weighted by Crippen LogP contribution is -2.14. The van der Waals surface area contributed by atoms with Crippen molar-refractivity contribution in [2.45, 2.75) is 6.92 Å². The van der Waals surface area contributed by atoms with E-state index in [0.29, 0.717) is 12.4 Å². The monoisotopic (exact) mass is 242 g/mol. The second-order valence-electron chi connectivity index (χ2n) is 3.62. The molecule has 0 atom stereocenters. The lowest BCUT2D eigenvalue weighted by atomic mass is 10.1. The molecule has 1 N–H and O–H groups in total. The smallest absolute Gasteiger partial charge is 0.412 e. The first-order chi connectivity index (χ1) is 8.79. The zero-order valence-electron chi connectivity index (χ0n) is 10.1. The molecule has 0 saturated carbocycles. The van der Waals surface area contributed by atoms with Crippen LogP contribution in [0.25, 0.3) is 11.3 Å². The highest BCUT2D eigenvalue weighted by molar-refractivity contribution is 5.83. The minimum absolute atomic E-state index is 0.338. The Morgan fingerprint density at radius 2 is 1.94 bits per heavy atom. The fourth-order valence-electron chi connectivity index (χ4n) is 1.55. The Balaban J connectivity index is 2.18. The van der Waals surface area contributed by atoms with Crippen LogP contribution in [0, 0.1) is 0 Å². The molecule has 0 bridgehead atoms. The van der Waals surface area contributed by atoms with Crippen molar-refractivity contribution in [1.29, 1.82) is 0 Å². The molecule has 0 fully saturated rings. The van der Waals surface area contributed by atoms with Gasteiger partial charge in [-0.15, -0.1) is 0 Å². The predicted octanol–water partition coefficient (Wildman–Crippen LogP) is 3.32. The van der Waals surface area contributed by atoms with Crippen LogP contribution in [0.15, 0.2) is 48.5 Å². The van der Waals surface area contributed by atoms with E-state index in [1.807, 2.05) is 42.5 Å². The van der Waals surface area contributed by atoms with Gasteiger partial charge in [0.05, 0.1) is 12.3 Å². The summed E-state index contributed by atoms with van der Waals surface area (Å²) in [6.07, 6.45) is -0.491. The number of hydrogen-bond acceptors (Lipinski definition) is 3. The largest absolute Gasteiger partial charge is 0.450 e. The van der Waals surface area contributed by atoms with Crippen molar-refractivity contribution < 1.29 is 9.53 Å². The SMILES string of the molecule is CCOC(=O)Nc1cccc(-c2ccccc2)n1. The van der Waals surface area contributed by atoms with Gasteiger partial charge in [-0.1, -0.05) is 36.4 Å². The van der Waals surface area contributed by atoms with Crippen LogP contribution in [0.3, 0.4) is 0 Å². The number of aromatic nitrogens is 1. The number of carbonyl (C=O) groups is 1. The van der Waals surface area contributed by atoms with E-state index < -0.39 is 6.09 Å². The van der Waals surface area contributed by atoms with Gasteiger partial charge in [-0.05, 0) is 19.1 Å². The van der Waals surface area contributed by atoms with Gasteiger partial charge in [0.1, 0.15) is 5.82 Å². The van der Waals surface area contributed by atoms with E-state index in [0.717, 1.165) is 11.3 Å². The predicted molar refractivity (Wildman–Crippen MR) is 70.3 cm³/mol. The Bertz CT molecular complexity index is 526. The van der Waals surface area contributed by atoms with E-state index in [2.05, 4.69) is 10.3 Å². The van der Waals surface area contributed by atoms with Crippen LogP contribution >= 0.6 is 0 Å². The lowest BCUT2D eigenvalue weighted by molar-refractivity contribution is 0.168. The van der Waals surface area contributed by atoms with E-state index in [-0.39, 0.29) is 0 Å². The summed E-state index contributed by atoms with van der Waals surface area (Å²) in [5.41, 5.74) is 1.81. The van der Waals surface area contributed by atoms with Crippen molar-refractivity contribution in [3.05, 3.63) is 48.5 Å². The first-order valence-electron chi connectivity index (χ1n) is 5.76. The number of ether oxygens (including phenoxy) is 1. The molecule has 1 aromatic heterocycles. The number of pyridine rings is 1. The summed E-state index contributed by atoms with van der Waals surface area (Å²) in [7, 11) is 0. The highest BCUT2D eigenvalue weighted by Gasteiger charge is 2.04. The number of nitrogens with zero attached hydrogens (tertiary/aromatic N) is 1. The summed E-state index contributed by atoms with van der Waals surface area (Å²) in [5.74, 6) is 0.481. The van der Waals surface area contributed by atoms with Crippen molar-refractivity contribution in [2.24, 2.45) is 0 Å². The maximum atomic E-state index is 11.3. The summed E-state index contributed by atoms with van der Waals surface area (Å²) in [4.78, 5) is 15.6. The molecule has 0 aliphatic carbocycles. The molecule has 92 valence electrons. The van der Waals surface area contributed by atoms with Crippen molar-refractivity contribution in [3.8, 4) is 11.3 Å². The van der Waals surface area contributed by atoms with Gasteiger partial charge in [-0.3, -0.25) is 5.32 Å². The standard InChI is InChI=1S/C14H14N2O2/c1-2-18-14(17)16-13-10-6-9-12(15-13)11-7-4-3-5-8-11/h3-10H,2H2,1H3,(H,15,16,17). The maximum Gasteiger partial charge on any atom is 0.412 e. The normalized spacial score (nSPS) is 9.83. The fourth-order valence-corrected chi connectivity index (χ4v) is 1.55. The lowest BCUT2D eigenvalue weighted by Gasteiger charge is -2.06. The topological polar surface area (TPSA) is 51.2 Å². The Morgan fingerprint density at radius 1 is 1.17 bits per heavy atom. The van der Waals surface area contributed by atoms with Gasteiger partial charge in [-0.2, -0.15) is 0 Å².